The summed E-state index contributed by atoms with van der Waals surface area (Å²) in [6.45, 7) is 2.54. The van der Waals surface area contributed by atoms with Crippen LogP contribution in [0, 0.1) is 0 Å². The smallest absolute Gasteiger partial charge is 0.193 e. The number of aryl methyl sites for hydroxylation is 1. The van der Waals surface area contributed by atoms with Crippen molar-refractivity contribution in [2.45, 2.75) is 19.9 Å². The molecule has 0 saturated heterocycles. The Kier molecular flexibility index (Phi) is 4.10. The number of aliphatic imine (C=N–C) groups is 1. The lowest BCUT2D eigenvalue weighted by Gasteiger charge is -2.06. The average Bonchev–Trinajstić information content (AvgIpc) is 2.96. The lowest BCUT2D eigenvalue weighted by atomic mass is 10.1. The molecular formula is C18H19N3O. The van der Waals surface area contributed by atoms with E-state index in [1.54, 1.807) is 0 Å². The third-order valence-corrected chi connectivity index (χ3v) is 3.49. The summed E-state index contributed by atoms with van der Waals surface area (Å²) >= 11 is 0. The Labute approximate surface area is 129 Å². The maximum absolute atomic E-state index is 5.94. The van der Waals surface area contributed by atoms with Gasteiger partial charge in [-0.15, -0.1) is 0 Å². The van der Waals surface area contributed by atoms with Crippen molar-refractivity contribution in [1.82, 2.24) is 0 Å². The summed E-state index contributed by atoms with van der Waals surface area (Å²) < 4.78 is 5.71. The zero-order chi connectivity index (χ0) is 15.4. The van der Waals surface area contributed by atoms with Crippen LogP contribution in [0.4, 0.5) is 5.69 Å². The fraction of sp³-hybridized carbons (Fsp3) is 0.167. The number of rotatable bonds is 4. The van der Waals surface area contributed by atoms with E-state index in [2.05, 4.69) is 29.4 Å². The van der Waals surface area contributed by atoms with Gasteiger partial charge in [0.1, 0.15) is 17.9 Å². The van der Waals surface area contributed by atoms with Crippen molar-refractivity contribution in [3.8, 4) is 0 Å². The number of anilines is 1. The molecule has 0 aliphatic heterocycles. The molecule has 0 spiro atoms. The molecule has 0 aliphatic rings. The number of hydrogen-bond acceptors (Lipinski definition) is 2. The third kappa shape index (κ3) is 3.28. The van der Waals surface area contributed by atoms with E-state index in [0.29, 0.717) is 12.5 Å². The predicted molar refractivity (Wildman–Crippen MR) is 91.0 cm³/mol. The fourth-order valence-electron chi connectivity index (χ4n) is 2.33. The lowest BCUT2D eigenvalue weighted by molar-refractivity contribution is 0.553. The molecule has 1 aromatic heterocycles. The van der Waals surface area contributed by atoms with Gasteiger partial charge in [-0.1, -0.05) is 37.3 Å². The zero-order valence-corrected chi connectivity index (χ0v) is 12.5. The van der Waals surface area contributed by atoms with Crippen LogP contribution in [0.1, 0.15) is 18.2 Å². The molecule has 0 aliphatic carbocycles. The van der Waals surface area contributed by atoms with Gasteiger partial charge in [0.05, 0.1) is 0 Å². The van der Waals surface area contributed by atoms with Gasteiger partial charge < -0.3 is 15.5 Å². The third-order valence-electron chi connectivity index (χ3n) is 3.49. The molecule has 0 amide bonds. The predicted octanol–water partition coefficient (Wildman–Crippen LogP) is 3.92. The molecule has 3 N–H and O–H groups in total. The van der Waals surface area contributed by atoms with Crippen LogP contribution in [0.3, 0.4) is 0 Å². The van der Waals surface area contributed by atoms with Gasteiger partial charge in [-0.25, -0.2) is 4.99 Å². The van der Waals surface area contributed by atoms with E-state index >= 15 is 0 Å². The van der Waals surface area contributed by atoms with Crippen LogP contribution in [0.5, 0.6) is 0 Å². The van der Waals surface area contributed by atoms with Crippen LogP contribution < -0.4 is 11.1 Å². The highest BCUT2D eigenvalue weighted by Crippen LogP contribution is 2.19. The standard InChI is InChI=1S/C18H19N3O/c1-2-13-6-5-8-15(10-13)21-18(19)20-12-16-11-14-7-3-4-9-17(14)22-16/h3-11H,2,12H2,1H3,(H3,19,20,21). The van der Waals surface area contributed by atoms with E-state index < -0.39 is 0 Å². The maximum Gasteiger partial charge on any atom is 0.193 e. The summed E-state index contributed by atoms with van der Waals surface area (Å²) in [5.41, 5.74) is 9.02. The normalized spacial score (nSPS) is 11.8. The van der Waals surface area contributed by atoms with Gasteiger partial charge in [-0.05, 0) is 36.2 Å². The number of para-hydroxylation sites is 1. The second-order valence-electron chi connectivity index (χ2n) is 5.13. The SMILES string of the molecule is CCc1cccc(NC(N)=NCc2cc3ccccc3o2)c1. The number of nitrogens with one attached hydrogen (secondary N) is 1. The van der Waals surface area contributed by atoms with Crippen LogP contribution in [0.25, 0.3) is 11.0 Å². The highest BCUT2D eigenvalue weighted by atomic mass is 16.3. The highest BCUT2D eigenvalue weighted by Gasteiger charge is 2.02. The Morgan fingerprint density at radius 2 is 2.00 bits per heavy atom. The number of fused-ring (bicyclic) bond motifs is 1. The topological polar surface area (TPSA) is 63.5 Å². The number of guanidine groups is 1. The van der Waals surface area contributed by atoms with Crippen LogP contribution in [-0.4, -0.2) is 5.96 Å². The lowest BCUT2D eigenvalue weighted by Crippen LogP contribution is -2.22. The summed E-state index contributed by atoms with van der Waals surface area (Å²) in [6, 6.07) is 18.0. The van der Waals surface area contributed by atoms with Crippen molar-refractivity contribution in [3.63, 3.8) is 0 Å². The van der Waals surface area contributed by atoms with Gasteiger partial charge in [-0.3, -0.25) is 0 Å². The van der Waals surface area contributed by atoms with Crippen LogP contribution >= 0.6 is 0 Å². The monoisotopic (exact) mass is 293 g/mol. The molecule has 22 heavy (non-hydrogen) atoms. The molecule has 0 unspecified atom stereocenters. The Bertz CT molecular complexity index is 772. The van der Waals surface area contributed by atoms with Gasteiger partial charge in [-0.2, -0.15) is 0 Å². The van der Waals surface area contributed by atoms with Crippen molar-refractivity contribution in [1.29, 1.82) is 0 Å². The molecule has 0 atom stereocenters. The molecule has 2 aromatic carbocycles. The molecule has 3 aromatic rings. The van der Waals surface area contributed by atoms with Gasteiger partial charge in [0.15, 0.2) is 5.96 Å². The molecule has 4 heteroatoms. The van der Waals surface area contributed by atoms with E-state index in [4.69, 9.17) is 10.2 Å². The second-order valence-corrected chi connectivity index (χ2v) is 5.13. The van der Waals surface area contributed by atoms with E-state index in [9.17, 15) is 0 Å². The maximum atomic E-state index is 5.94. The first kappa shape index (κ1) is 14.2. The first-order chi connectivity index (χ1) is 10.7. The van der Waals surface area contributed by atoms with Gasteiger partial charge in [0.25, 0.3) is 0 Å². The van der Waals surface area contributed by atoms with Crippen LogP contribution in [-0.2, 0) is 13.0 Å². The Hall–Kier alpha value is -2.75. The molecule has 3 rings (SSSR count). The number of hydrogen-bond donors (Lipinski definition) is 2. The van der Waals surface area contributed by atoms with Crippen molar-refractivity contribution < 1.29 is 4.42 Å². The Morgan fingerprint density at radius 3 is 2.82 bits per heavy atom. The van der Waals surface area contributed by atoms with Crippen molar-refractivity contribution in [2.24, 2.45) is 10.7 Å². The van der Waals surface area contributed by atoms with Crippen LogP contribution in [0.2, 0.25) is 0 Å². The van der Waals surface area contributed by atoms with E-state index in [-0.39, 0.29) is 0 Å². The summed E-state index contributed by atoms with van der Waals surface area (Å²) in [5, 5.41) is 4.19. The minimum Gasteiger partial charge on any atom is -0.459 e. The largest absolute Gasteiger partial charge is 0.459 e. The minimum absolute atomic E-state index is 0.383. The van der Waals surface area contributed by atoms with Crippen molar-refractivity contribution in [2.75, 3.05) is 5.32 Å². The summed E-state index contributed by atoms with van der Waals surface area (Å²) in [4.78, 5) is 4.33. The quantitative estimate of drug-likeness (QED) is 0.566. The first-order valence-electron chi connectivity index (χ1n) is 7.38. The van der Waals surface area contributed by atoms with Crippen molar-refractivity contribution in [3.05, 3.63) is 65.9 Å². The van der Waals surface area contributed by atoms with E-state index in [1.165, 1.54) is 5.56 Å². The van der Waals surface area contributed by atoms with Crippen LogP contribution in [0.15, 0.2) is 64.0 Å². The van der Waals surface area contributed by atoms with Crippen molar-refractivity contribution >= 4 is 22.6 Å². The summed E-state index contributed by atoms with van der Waals surface area (Å²) in [7, 11) is 0. The number of nitrogens with zero attached hydrogens (tertiary/aromatic N) is 1. The van der Waals surface area contributed by atoms with Gasteiger partial charge >= 0.3 is 0 Å². The fourth-order valence-corrected chi connectivity index (χ4v) is 2.33. The summed E-state index contributed by atoms with van der Waals surface area (Å²) in [5.74, 6) is 1.18. The zero-order valence-electron chi connectivity index (χ0n) is 12.5. The average molecular weight is 293 g/mol. The first-order valence-corrected chi connectivity index (χ1v) is 7.38. The Morgan fingerprint density at radius 1 is 1.14 bits per heavy atom. The molecule has 112 valence electrons. The number of furan rings is 1. The molecule has 0 fully saturated rings. The molecular weight excluding hydrogens is 274 g/mol. The highest BCUT2D eigenvalue weighted by molar-refractivity contribution is 5.92. The summed E-state index contributed by atoms with van der Waals surface area (Å²) in [6.07, 6.45) is 0.992. The van der Waals surface area contributed by atoms with Gasteiger partial charge in [0, 0.05) is 11.1 Å². The molecule has 0 bridgehead atoms. The minimum atomic E-state index is 0.383. The molecule has 0 radical (unpaired) electrons. The molecule has 4 nitrogen and oxygen atoms in total. The number of benzene rings is 2. The number of nitrogens with two attached hydrogens (primary N) is 1. The van der Waals surface area contributed by atoms with Gasteiger partial charge in [0.2, 0.25) is 0 Å². The van der Waals surface area contributed by atoms with E-state index in [0.717, 1.165) is 28.8 Å². The molecule has 1 heterocycles. The second kappa shape index (κ2) is 6.35. The van der Waals surface area contributed by atoms with E-state index in [1.807, 2.05) is 42.5 Å². The molecule has 0 saturated carbocycles. The Balaban J connectivity index is 1.68.